The predicted molar refractivity (Wildman–Crippen MR) is 66.7 cm³/mol. The van der Waals surface area contributed by atoms with Crippen LogP contribution in [0.3, 0.4) is 0 Å². The molecule has 1 aromatic heterocycles. The molecule has 4 heteroatoms. The van der Waals surface area contributed by atoms with Gasteiger partial charge in [0.15, 0.2) is 0 Å². The lowest BCUT2D eigenvalue weighted by atomic mass is 9.86. The lowest BCUT2D eigenvalue weighted by Gasteiger charge is -2.22. The summed E-state index contributed by atoms with van der Waals surface area (Å²) in [6, 6.07) is 0. The first-order valence-corrected chi connectivity index (χ1v) is 6.90. The van der Waals surface area contributed by atoms with Crippen molar-refractivity contribution in [2.75, 3.05) is 6.54 Å². The minimum atomic E-state index is -0.209. The van der Waals surface area contributed by atoms with Crippen LogP contribution in [0, 0.1) is 0 Å². The van der Waals surface area contributed by atoms with Crippen LogP contribution in [0.15, 0.2) is 6.20 Å². The van der Waals surface area contributed by atoms with Crippen molar-refractivity contribution in [1.29, 1.82) is 0 Å². The van der Waals surface area contributed by atoms with E-state index in [0.717, 1.165) is 25.4 Å². The van der Waals surface area contributed by atoms with Crippen LogP contribution in [-0.4, -0.2) is 22.7 Å². The Hall–Kier alpha value is -0.450. The van der Waals surface area contributed by atoms with Crippen LogP contribution in [0.4, 0.5) is 0 Å². The number of hydrogen-bond donors (Lipinski definition) is 2. The van der Waals surface area contributed by atoms with Crippen molar-refractivity contribution >= 4 is 11.3 Å². The van der Waals surface area contributed by atoms with Gasteiger partial charge in [-0.25, -0.2) is 4.98 Å². The average molecular weight is 240 g/mol. The molecule has 1 fully saturated rings. The number of nitrogens with zero attached hydrogens (tertiary/aromatic N) is 1. The van der Waals surface area contributed by atoms with Gasteiger partial charge in [0.05, 0.1) is 11.1 Å². The van der Waals surface area contributed by atoms with Crippen molar-refractivity contribution < 1.29 is 5.11 Å². The normalized spacial score (nSPS) is 18.4. The van der Waals surface area contributed by atoms with Crippen LogP contribution in [0.5, 0.6) is 0 Å². The van der Waals surface area contributed by atoms with Crippen molar-refractivity contribution in [3.8, 4) is 0 Å². The van der Waals surface area contributed by atoms with Gasteiger partial charge in [0.1, 0.15) is 0 Å². The summed E-state index contributed by atoms with van der Waals surface area (Å²) in [5.74, 6) is 0.746. The van der Waals surface area contributed by atoms with Crippen molar-refractivity contribution in [3.63, 3.8) is 0 Å². The van der Waals surface area contributed by atoms with Gasteiger partial charge < -0.3 is 10.4 Å². The molecule has 90 valence electrons. The zero-order valence-electron chi connectivity index (χ0n) is 9.78. The van der Waals surface area contributed by atoms with Crippen LogP contribution in [0.1, 0.15) is 48.4 Å². The van der Waals surface area contributed by atoms with Crippen LogP contribution in [-0.2, 0) is 6.54 Å². The van der Waals surface area contributed by atoms with Gasteiger partial charge in [0.2, 0.25) is 0 Å². The molecule has 16 heavy (non-hydrogen) atoms. The molecule has 1 aromatic rings. The first-order chi connectivity index (χ1) is 7.75. The van der Waals surface area contributed by atoms with Gasteiger partial charge in [-0.05, 0) is 32.7 Å². The molecule has 3 nitrogen and oxygen atoms in total. The topological polar surface area (TPSA) is 45.1 Å². The predicted octanol–water partition coefficient (Wildman–Crippen LogP) is 2.27. The van der Waals surface area contributed by atoms with Crippen molar-refractivity contribution in [1.82, 2.24) is 10.3 Å². The van der Waals surface area contributed by atoms with E-state index in [1.54, 1.807) is 0 Å². The second-order valence-corrected chi connectivity index (χ2v) is 5.75. The van der Waals surface area contributed by atoms with Gasteiger partial charge in [0, 0.05) is 23.5 Å². The minimum absolute atomic E-state index is 0.209. The molecule has 1 saturated carbocycles. The Morgan fingerprint density at radius 1 is 1.62 bits per heavy atom. The molecular weight excluding hydrogens is 220 g/mol. The smallest absolute Gasteiger partial charge is 0.0959 e. The number of aliphatic hydroxyl groups is 1. The summed E-state index contributed by atoms with van der Waals surface area (Å²) in [6.45, 7) is 3.58. The molecule has 1 aliphatic carbocycles. The van der Waals surface area contributed by atoms with Gasteiger partial charge in [-0.2, -0.15) is 0 Å². The zero-order chi connectivity index (χ0) is 11.4. The highest BCUT2D eigenvalue weighted by atomic mass is 32.1. The molecular formula is C12H20N2OS. The Morgan fingerprint density at radius 3 is 3.06 bits per heavy atom. The summed E-state index contributed by atoms with van der Waals surface area (Å²) in [5, 5.41) is 13.8. The van der Waals surface area contributed by atoms with Gasteiger partial charge in [0.25, 0.3) is 0 Å². The standard InChI is InChI=1S/C12H20N2OS/c1-9(15)5-6-13-7-11-8-14-12(16-11)10-3-2-4-10/h8-10,13,15H,2-7H2,1H3. The summed E-state index contributed by atoms with van der Waals surface area (Å²) in [6.07, 6.45) is 6.61. The summed E-state index contributed by atoms with van der Waals surface area (Å²) in [7, 11) is 0. The monoisotopic (exact) mass is 240 g/mol. The van der Waals surface area contributed by atoms with E-state index in [4.69, 9.17) is 5.11 Å². The van der Waals surface area contributed by atoms with E-state index in [1.807, 2.05) is 24.5 Å². The lowest BCUT2D eigenvalue weighted by Crippen LogP contribution is -2.18. The third-order valence-electron chi connectivity index (χ3n) is 3.06. The fraction of sp³-hybridized carbons (Fsp3) is 0.750. The second kappa shape index (κ2) is 5.75. The van der Waals surface area contributed by atoms with E-state index in [1.165, 1.54) is 29.1 Å². The molecule has 1 aliphatic rings. The van der Waals surface area contributed by atoms with Crippen molar-refractivity contribution in [2.24, 2.45) is 0 Å². The molecule has 2 rings (SSSR count). The van der Waals surface area contributed by atoms with Gasteiger partial charge in [-0.1, -0.05) is 6.42 Å². The van der Waals surface area contributed by atoms with Crippen LogP contribution >= 0.6 is 11.3 Å². The molecule has 0 aromatic carbocycles. The zero-order valence-corrected chi connectivity index (χ0v) is 10.6. The number of nitrogens with one attached hydrogen (secondary N) is 1. The number of aromatic nitrogens is 1. The highest BCUT2D eigenvalue weighted by Crippen LogP contribution is 2.38. The Labute approximate surface area is 101 Å². The minimum Gasteiger partial charge on any atom is -0.393 e. The Balaban J connectivity index is 1.70. The highest BCUT2D eigenvalue weighted by Gasteiger charge is 2.22. The van der Waals surface area contributed by atoms with Crippen LogP contribution in [0.25, 0.3) is 0 Å². The molecule has 0 saturated heterocycles. The summed E-state index contributed by atoms with van der Waals surface area (Å²) >= 11 is 1.84. The second-order valence-electron chi connectivity index (χ2n) is 4.61. The SMILES string of the molecule is CC(O)CCNCc1cnc(C2CCC2)s1. The summed E-state index contributed by atoms with van der Waals surface area (Å²) in [4.78, 5) is 5.79. The molecule has 1 atom stereocenters. The van der Waals surface area contributed by atoms with E-state index in [2.05, 4.69) is 10.3 Å². The third-order valence-corrected chi connectivity index (χ3v) is 4.22. The average Bonchev–Trinajstić information content (AvgIpc) is 2.58. The highest BCUT2D eigenvalue weighted by molar-refractivity contribution is 7.11. The maximum Gasteiger partial charge on any atom is 0.0959 e. The lowest BCUT2D eigenvalue weighted by molar-refractivity contribution is 0.183. The van der Waals surface area contributed by atoms with Crippen molar-refractivity contribution in [3.05, 3.63) is 16.1 Å². The number of aliphatic hydroxyl groups excluding tert-OH is 1. The molecule has 1 heterocycles. The molecule has 0 aliphatic heterocycles. The van der Waals surface area contributed by atoms with Gasteiger partial charge >= 0.3 is 0 Å². The third kappa shape index (κ3) is 3.27. The van der Waals surface area contributed by atoms with Crippen LogP contribution < -0.4 is 5.32 Å². The van der Waals surface area contributed by atoms with Crippen molar-refractivity contribution in [2.45, 2.75) is 51.2 Å². The fourth-order valence-electron chi connectivity index (χ4n) is 1.77. The maximum atomic E-state index is 9.12. The van der Waals surface area contributed by atoms with Gasteiger partial charge in [-0.15, -0.1) is 11.3 Å². The molecule has 2 N–H and O–H groups in total. The number of rotatable bonds is 6. The Morgan fingerprint density at radius 2 is 2.44 bits per heavy atom. The van der Waals surface area contributed by atoms with E-state index in [-0.39, 0.29) is 6.10 Å². The van der Waals surface area contributed by atoms with Gasteiger partial charge in [-0.3, -0.25) is 0 Å². The number of hydrogen-bond acceptors (Lipinski definition) is 4. The van der Waals surface area contributed by atoms with E-state index >= 15 is 0 Å². The first-order valence-electron chi connectivity index (χ1n) is 6.09. The molecule has 0 amide bonds. The molecule has 0 bridgehead atoms. The van der Waals surface area contributed by atoms with E-state index < -0.39 is 0 Å². The fourth-order valence-corrected chi connectivity index (χ4v) is 2.83. The van der Waals surface area contributed by atoms with Crippen LogP contribution in [0.2, 0.25) is 0 Å². The summed E-state index contributed by atoms with van der Waals surface area (Å²) < 4.78 is 0. The largest absolute Gasteiger partial charge is 0.393 e. The molecule has 0 radical (unpaired) electrons. The van der Waals surface area contributed by atoms with E-state index in [9.17, 15) is 0 Å². The quantitative estimate of drug-likeness (QED) is 0.750. The maximum absolute atomic E-state index is 9.12. The molecule has 1 unspecified atom stereocenters. The Kier molecular flexibility index (Phi) is 4.32. The summed E-state index contributed by atoms with van der Waals surface area (Å²) in [5.41, 5.74) is 0. The van der Waals surface area contributed by atoms with E-state index in [0.29, 0.717) is 0 Å². The molecule has 0 spiro atoms. The Bertz CT molecular complexity index is 321. The first kappa shape index (κ1) is 12.0. The number of thiazole rings is 1.